The van der Waals surface area contributed by atoms with Crippen molar-refractivity contribution in [1.29, 1.82) is 0 Å². The van der Waals surface area contributed by atoms with Gasteiger partial charge in [0.25, 0.3) is 0 Å². The highest BCUT2D eigenvalue weighted by atomic mass is 16.5. The van der Waals surface area contributed by atoms with Crippen LogP contribution in [0.2, 0.25) is 0 Å². The first kappa shape index (κ1) is 7.63. The SMILES string of the molecule is C#C[C@H]1C[C@H]1OC(C)(C)C. The second-order valence-corrected chi connectivity index (χ2v) is 3.78. The summed E-state index contributed by atoms with van der Waals surface area (Å²) in [5, 5.41) is 0. The third-order valence-corrected chi connectivity index (χ3v) is 1.45. The monoisotopic (exact) mass is 138 g/mol. The molecular formula is C9H14O. The molecule has 0 bridgehead atoms. The Morgan fingerprint density at radius 1 is 1.50 bits per heavy atom. The lowest BCUT2D eigenvalue weighted by molar-refractivity contribution is -0.0187. The van der Waals surface area contributed by atoms with Gasteiger partial charge in [-0.15, -0.1) is 12.3 Å². The van der Waals surface area contributed by atoms with Crippen molar-refractivity contribution in [2.75, 3.05) is 0 Å². The minimum atomic E-state index is -0.0315. The first-order chi connectivity index (χ1) is 4.53. The molecule has 10 heavy (non-hydrogen) atoms. The molecule has 0 aromatic carbocycles. The van der Waals surface area contributed by atoms with Gasteiger partial charge in [0.05, 0.1) is 11.7 Å². The summed E-state index contributed by atoms with van der Waals surface area (Å²) in [6.07, 6.45) is 6.60. The summed E-state index contributed by atoms with van der Waals surface area (Å²) in [6.45, 7) is 6.16. The summed E-state index contributed by atoms with van der Waals surface area (Å²) in [5.74, 6) is 3.07. The third kappa shape index (κ3) is 2.04. The zero-order chi connectivity index (χ0) is 7.78. The van der Waals surface area contributed by atoms with Gasteiger partial charge in [-0.2, -0.15) is 0 Å². The van der Waals surface area contributed by atoms with Gasteiger partial charge >= 0.3 is 0 Å². The second kappa shape index (κ2) is 2.29. The average molecular weight is 138 g/mol. The summed E-state index contributed by atoms with van der Waals surface area (Å²) >= 11 is 0. The zero-order valence-corrected chi connectivity index (χ0v) is 6.85. The van der Waals surface area contributed by atoms with Crippen LogP contribution in [0.15, 0.2) is 0 Å². The lowest BCUT2D eigenvalue weighted by atomic mass is 10.2. The largest absolute Gasteiger partial charge is 0.371 e. The molecular weight excluding hydrogens is 124 g/mol. The van der Waals surface area contributed by atoms with E-state index in [1.54, 1.807) is 0 Å². The summed E-state index contributed by atoms with van der Waals surface area (Å²) in [7, 11) is 0. The minimum absolute atomic E-state index is 0.0315. The molecule has 1 aliphatic carbocycles. The normalized spacial score (nSPS) is 31.4. The van der Waals surface area contributed by atoms with Crippen LogP contribution in [-0.4, -0.2) is 11.7 Å². The van der Waals surface area contributed by atoms with E-state index in [1.165, 1.54) is 0 Å². The van der Waals surface area contributed by atoms with Crippen molar-refractivity contribution in [3.8, 4) is 12.3 Å². The van der Waals surface area contributed by atoms with Gasteiger partial charge in [-0.3, -0.25) is 0 Å². The van der Waals surface area contributed by atoms with Crippen molar-refractivity contribution in [2.24, 2.45) is 5.92 Å². The molecule has 1 saturated carbocycles. The summed E-state index contributed by atoms with van der Waals surface area (Å²) in [4.78, 5) is 0. The van der Waals surface area contributed by atoms with Crippen LogP contribution in [0.25, 0.3) is 0 Å². The highest BCUT2D eigenvalue weighted by Crippen LogP contribution is 2.35. The zero-order valence-electron chi connectivity index (χ0n) is 6.85. The Balaban J connectivity index is 2.26. The fourth-order valence-corrected chi connectivity index (χ4v) is 0.931. The standard InChI is InChI=1S/C9H14O/c1-5-7-6-8(7)10-9(2,3)4/h1,7-8H,6H2,2-4H3/t7-,8+/m0/s1. The molecule has 1 heteroatoms. The molecule has 0 heterocycles. The molecule has 56 valence electrons. The number of hydrogen-bond acceptors (Lipinski definition) is 1. The van der Waals surface area contributed by atoms with Crippen LogP contribution in [-0.2, 0) is 4.74 Å². The molecule has 1 aliphatic rings. The Hall–Kier alpha value is -0.480. The fraction of sp³-hybridized carbons (Fsp3) is 0.778. The van der Waals surface area contributed by atoms with Gasteiger partial charge in [-0.25, -0.2) is 0 Å². The van der Waals surface area contributed by atoms with Gasteiger partial charge in [0.15, 0.2) is 0 Å². The van der Waals surface area contributed by atoms with E-state index in [-0.39, 0.29) is 5.60 Å². The molecule has 1 rings (SSSR count). The Morgan fingerprint density at radius 3 is 2.40 bits per heavy atom. The van der Waals surface area contributed by atoms with Gasteiger partial charge in [-0.1, -0.05) is 0 Å². The maximum absolute atomic E-state index is 5.61. The van der Waals surface area contributed by atoms with Crippen molar-refractivity contribution in [3.63, 3.8) is 0 Å². The van der Waals surface area contributed by atoms with Crippen LogP contribution in [0.3, 0.4) is 0 Å². The molecule has 0 aliphatic heterocycles. The molecule has 0 aromatic heterocycles. The van der Waals surface area contributed by atoms with E-state index < -0.39 is 0 Å². The highest BCUT2D eigenvalue weighted by Gasteiger charge is 2.39. The Bertz CT molecular complexity index is 159. The molecule has 0 aromatic rings. The van der Waals surface area contributed by atoms with E-state index in [4.69, 9.17) is 11.2 Å². The summed E-state index contributed by atoms with van der Waals surface area (Å²) in [6, 6.07) is 0. The lowest BCUT2D eigenvalue weighted by Gasteiger charge is -2.18. The number of terminal acetylenes is 1. The van der Waals surface area contributed by atoms with E-state index >= 15 is 0 Å². The van der Waals surface area contributed by atoms with Gasteiger partial charge in [0.1, 0.15) is 0 Å². The average Bonchev–Trinajstić information content (AvgIpc) is 2.42. The third-order valence-electron chi connectivity index (χ3n) is 1.45. The predicted octanol–water partition coefficient (Wildman–Crippen LogP) is 1.82. The lowest BCUT2D eigenvalue weighted by Crippen LogP contribution is -2.20. The van der Waals surface area contributed by atoms with E-state index in [0.29, 0.717) is 12.0 Å². The van der Waals surface area contributed by atoms with E-state index in [9.17, 15) is 0 Å². The molecule has 0 N–H and O–H groups in total. The Morgan fingerprint density at radius 2 is 2.10 bits per heavy atom. The van der Waals surface area contributed by atoms with Crippen molar-refractivity contribution in [1.82, 2.24) is 0 Å². The van der Waals surface area contributed by atoms with Crippen molar-refractivity contribution in [2.45, 2.75) is 38.9 Å². The van der Waals surface area contributed by atoms with Crippen molar-refractivity contribution >= 4 is 0 Å². The second-order valence-electron chi connectivity index (χ2n) is 3.78. The van der Waals surface area contributed by atoms with Crippen molar-refractivity contribution in [3.05, 3.63) is 0 Å². The minimum Gasteiger partial charge on any atom is -0.371 e. The topological polar surface area (TPSA) is 9.23 Å². The van der Waals surface area contributed by atoms with Crippen LogP contribution < -0.4 is 0 Å². The highest BCUT2D eigenvalue weighted by molar-refractivity contribution is 5.09. The van der Waals surface area contributed by atoms with Gasteiger partial charge in [0.2, 0.25) is 0 Å². The summed E-state index contributed by atoms with van der Waals surface area (Å²) in [5.41, 5.74) is -0.0315. The molecule has 0 unspecified atom stereocenters. The molecule has 0 radical (unpaired) electrons. The number of ether oxygens (including phenoxy) is 1. The number of hydrogen-bond donors (Lipinski definition) is 0. The first-order valence-electron chi connectivity index (χ1n) is 3.67. The van der Waals surface area contributed by atoms with Gasteiger partial charge < -0.3 is 4.74 Å². The molecule has 0 saturated heterocycles. The maximum Gasteiger partial charge on any atom is 0.0733 e. The van der Waals surface area contributed by atoms with Crippen molar-refractivity contribution < 1.29 is 4.74 Å². The summed E-state index contributed by atoms with van der Waals surface area (Å²) < 4.78 is 5.61. The van der Waals surface area contributed by atoms with Crippen LogP contribution in [0.1, 0.15) is 27.2 Å². The smallest absolute Gasteiger partial charge is 0.0733 e. The van der Waals surface area contributed by atoms with Gasteiger partial charge in [-0.05, 0) is 27.2 Å². The molecule has 0 amide bonds. The van der Waals surface area contributed by atoms with Gasteiger partial charge in [0, 0.05) is 5.92 Å². The predicted molar refractivity (Wildman–Crippen MR) is 41.6 cm³/mol. The molecule has 1 fully saturated rings. The van der Waals surface area contributed by atoms with E-state index in [0.717, 1.165) is 6.42 Å². The van der Waals surface area contributed by atoms with Crippen LogP contribution >= 0.6 is 0 Å². The van der Waals surface area contributed by atoms with Crippen LogP contribution in [0.4, 0.5) is 0 Å². The quantitative estimate of drug-likeness (QED) is 0.502. The molecule has 2 atom stereocenters. The van der Waals surface area contributed by atoms with Crippen LogP contribution in [0, 0.1) is 18.3 Å². The Labute approximate surface area is 62.8 Å². The van der Waals surface area contributed by atoms with Crippen LogP contribution in [0.5, 0.6) is 0 Å². The Kier molecular flexibility index (Phi) is 1.74. The molecule has 1 nitrogen and oxygen atoms in total. The number of rotatable bonds is 1. The maximum atomic E-state index is 5.61. The molecule has 0 spiro atoms. The van der Waals surface area contributed by atoms with E-state index in [2.05, 4.69) is 26.7 Å². The van der Waals surface area contributed by atoms with E-state index in [1.807, 2.05) is 0 Å². The fourth-order valence-electron chi connectivity index (χ4n) is 0.931. The first-order valence-corrected chi connectivity index (χ1v) is 3.67.